The molecule has 1 N–H and O–H groups in total. The second kappa shape index (κ2) is 7.60. The van der Waals surface area contributed by atoms with Gasteiger partial charge in [-0.3, -0.25) is 0 Å². The fraction of sp³-hybridized carbons (Fsp3) is 1.00. The van der Waals surface area contributed by atoms with Gasteiger partial charge in [0, 0.05) is 25.7 Å². The summed E-state index contributed by atoms with van der Waals surface area (Å²) >= 11 is 0. The molecule has 0 aromatic carbocycles. The molecule has 0 aromatic heterocycles. The van der Waals surface area contributed by atoms with Gasteiger partial charge >= 0.3 is 0 Å². The maximum Gasteiger partial charge on any atom is 0.211 e. The lowest BCUT2D eigenvalue weighted by Crippen LogP contribution is -2.39. The molecule has 128 valence electrons. The lowest BCUT2D eigenvalue weighted by molar-refractivity contribution is 0.108. The van der Waals surface area contributed by atoms with E-state index in [1.807, 2.05) is 0 Å². The highest BCUT2D eigenvalue weighted by atomic mass is 32.2. The molecule has 1 saturated carbocycles. The Labute approximate surface area is 134 Å². The fourth-order valence-corrected chi connectivity index (χ4v) is 5.52. The number of hydrogen-bond donors (Lipinski definition) is 1. The summed E-state index contributed by atoms with van der Waals surface area (Å²) in [7, 11) is -3.16. The summed E-state index contributed by atoms with van der Waals surface area (Å²) in [6.45, 7) is 3.87. The van der Waals surface area contributed by atoms with Crippen LogP contribution in [0.5, 0.6) is 0 Å². The molecule has 2 heterocycles. The van der Waals surface area contributed by atoms with E-state index in [2.05, 4.69) is 9.62 Å². The third kappa shape index (κ3) is 4.91. The molecule has 0 aromatic rings. The number of hydrogen-bond acceptors (Lipinski definition) is 4. The summed E-state index contributed by atoms with van der Waals surface area (Å²) in [5.41, 5.74) is 0. The topological polar surface area (TPSA) is 58.6 Å². The van der Waals surface area contributed by atoms with E-state index in [-0.39, 0.29) is 17.9 Å². The maximum atomic E-state index is 12.2. The van der Waals surface area contributed by atoms with Crippen molar-refractivity contribution < 1.29 is 13.2 Å². The number of ether oxygens (including phenoxy) is 1. The van der Waals surface area contributed by atoms with Crippen LogP contribution in [-0.4, -0.2) is 57.5 Å². The van der Waals surface area contributed by atoms with Crippen molar-refractivity contribution in [2.24, 2.45) is 5.92 Å². The van der Waals surface area contributed by atoms with E-state index in [0.717, 1.165) is 51.4 Å². The summed E-state index contributed by atoms with van der Waals surface area (Å²) < 4.78 is 32.8. The summed E-state index contributed by atoms with van der Waals surface area (Å²) in [6.07, 6.45) is 9.27. The Bertz CT molecular complexity index is 442. The highest BCUT2D eigenvalue weighted by Crippen LogP contribution is 2.26. The number of rotatable bonds is 7. The van der Waals surface area contributed by atoms with Crippen LogP contribution in [0.3, 0.4) is 0 Å². The van der Waals surface area contributed by atoms with Crippen LogP contribution in [0.2, 0.25) is 0 Å². The molecule has 22 heavy (non-hydrogen) atoms. The first-order valence-electron chi connectivity index (χ1n) is 8.95. The van der Waals surface area contributed by atoms with Crippen LogP contribution in [-0.2, 0) is 14.8 Å². The van der Waals surface area contributed by atoms with Gasteiger partial charge in [-0.1, -0.05) is 12.8 Å². The number of nitrogens with one attached hydrogen (secondary N) is 1. The average Bonchev–Trinajstić information content (AvgIpc) is 3.19. The molecule has 6 heteroatoms. The molecule has 5 nitrogen and oxygen atoms in total. The Hall–Kier alpha value is -0.170. The normalized spacial score (nSPS) is 31.3. The predicted octanol–water partition coefficient (Wildman–Crippen LogP) is 1.74. The molecule has 1 aliphatic carbocycles. The minimum atomic E-state index is -3.16. The van der Waals surface area contributed by atoms with Gasteiger partial charge in [-0.15, -0.1) is 0 Å². The zero-order valence-electron chi connectivity index (χ0n) is 13.5. The van der Waals surface area contributed by atoms with Crippen LogP contribution >= 0.6 is 0 Å². The smallest absolute Gasteiger partial charge is 0.211 e. The van der Waals surface area contributed by atoms with Crippen LogP contribution in [0, 0.1) is 5.92 Å². The molecule has 2 unspecified atom stereocenters. The van der Waals surface area contributed by atoms with Crippen LogP contribution in [0.4, 0.5) is 0 Å². The van der Waals surface area contributed by atoms with Crippen LogP contribution in [0.25, 0.3) is 0 Å². The molecule has 0 radical (unpaired) electrons. The Kier molecular flexibility index (Phi) is 5.76. The third-order valence-corrected chi connectivity index (χ3v) is 6.81. The molecule has 2 atom stereocenters. The molecule has 3 aliphatic rings. The lowest BCUT2D eigenvalue weighted by Gasteiger charge is -2.20. The van der Waals surface area contributed by atoms with Gasteiger partial charge in [0.05, 0.1) is 11.9 Å². The summed E-state index contributed by atoms with van der Waals surface area (Å²) in [5.74, 6) is 1.05. The predicted molar refractivity (Wildman–Crippen MR) is 87.3 cm³/mol. The maximum absolute atomic E-state index is 12.2. The van der Waals surface area contributed by atoms with E-state index in [0.29, 0.717) is 6.42 Å². The monoisotopic (exact) mass is 330 g/mol. The third-order valence-electron chi connectivity index (χ3n) is 5.34. The van der Waals surface area contributed by atoms with Gasteiger partial charge in [0.25, 0.3) is 0 Å². The van der Waals surface area contributed by atoms with Crippen molar-refractivity contribution in [1.29, 1.82) is 0 Å². The Morgan fingerprint density at radius 2 is 1.91 bits per heavy atom. The Morgan fingerprint density at radius 1 is 1.09 bits per heavy atom. The molecular formula is C16H30N2O3S. The van der Waals surface area contributed by atoms with Gasteiger partial charge in [0.15, 0.2) is 0 Å². The zero-order valence-corrected chi connectivity index (χ0v) is 14.3. The quantitative estimate of drug-likeness (QED) is 0.772. The Balaban J connectivity index is 1.38. The van der Waals surface area contributed by atoms with Crippen molar-refractivity contribution in [3.63, 3.8) is 0 Å². The van der Waals surface area contributed by atoms with Gasteiger partial charge in [-0.2, -0.15) is 0 Å². The van der Waals surface area contributed by atoms with Crippen LogP contribution in [0.1, 0.15) is 51.4 Å². The van der Waals surface area contributed by atoms with Crippen molar-refractivity contribution in [1.82, 2.24) is 9.62 Å². The van der Waals surface area contributed by atoms with Crippen molar-refractivity contribution >= 4 is 10.0 Å². The van der Waals surface area contributed by atoms with Gasteiger partial charge in [0.1, 0.15) is 0 Å². The highest BCUT2D eigenvalue weighted by Gasteiger charge is 2.29. The minimum absolute atomic E-state index is 0.107. The minimum Gasteiger partial charge on any atom is -0.378 e. The largest absolute Gasteiger partial charge is 0.378 e. The van der Waals surface area contributed by atoms with Gasteiger partial charge in [0.2, 0.25) is 10.0 Å². The van der Waals surface area contributed by atoms with E-state index in [1.165, 1.54) is 25.7 Å². The van der Waals surface area contributed by atoms with Crippen molar-refractivity contribution in [3.8, 4) is 0 Å². The van der Waals surface area contributed by atoms with Crippen molar-refractivity contribution in [3.05, 3.63) is 0 Å². The van der Waals surface area contributed by atoms with Crippen LogP contribution < -0.4 is 4.72 Å². The number of nitrogens with zero attached hydrogens (tertiary/aromatic N) is 1. The molecule has 3 rings (SSSR count). The van der Waals surface area contributed by atoms with E-state index < -0.39 is 10.0 Å². The highest BCUT2D eigenvalue weighted by molar-refractivity contribution is 7.89. The van der Waals surface area contributed by atoms with Gasteiger partial charge in [-0.25, -0.2) is 13.1 Å². The van der Waals surface area contributed by atoms with E-state index in [1.54, 1.807) is 0 Å². The fourth-order valence-electron chi connectivity index (χ4n) is 4.12. The van der Waals surface area contributed by atoms with Gasteiger partial charge in [-0.05, 0) is 51.0 Å². The standard InChI is InChI=1S/C16H30N2O3S/c19-22(20,11-8-16-6-3-10-21-16)17-15-7-9-18(13-15)12-14-4-1-2-5-14/h14-17H,1-13H2. The van der Waals surface area contributed by atoms with E-state index >= 15 is 0 Å². The molecule has 0 bridgehead atoms. The van der Waals surface area contributed by atoms with E-state index in [4.69, 9.17) is 4.74 Å². The SMILES string of the molecule is O=S(=O)(CCC1CCCO1)NC1CCN(CC2CCCC2)C1. The van der Waals surface area contributed by atoms with Crippen molar-refractivity contribution in [2.75, 3.05) is 32.0 Å². The Morgan fingerprint density at radius 3 is 2.64 bits per heavy atom. The molecule has 0 amide bonds. The molecule has 2 saturated heterocycles. The average molecular weight is 330 g/mol. The second-order valence-electron chi connectivity index (χ2n) is 7.26. The molecule has 2 aliphatic heterocycles. The second-order valence-corrected chi connectivity index (χ2v) is 9.13. The van der Waals surface area contributed by atoms with Crippen molar-refractivity contribution in [2.45, 2.75) is 63.5 Å². The number of likely N-dealkylation sites (tertiary alicyclic amines) is 1. The molecule has 3 fully saturated rings. The first kappa shape index (κ1) is 16.7. The lowest BCUT2D eigenvalue weighted by atomic mass is 10.1. The summed E-state index contributed by atoms with van der Waals surface area (Å²) in [4.78, 5) is 2.45. The number of sulfonamides is 1. The molecule has 0 spiro atoms. The van der Waals surface area contributed by atoms with E-state index in [9.17, 15) is 8.42 Å². The zero-order chi connectivity index (χ0) is 15.4. The molecular weight excluding hydrogens is 300 g/mol. The first-order valence-corrected chi connectivity index (χ1v) is 10.6. The summed E-state index contributed by atoms with van der Waals surface area (Å²) in [5, 5.41) is 0. The van der Waals surface area contributed by atoms with Crippen LogP contribution in [0.15, 0.2) is 0 Å². The first-order chi connectivity index (χ1) is 10.6. The van der Waals surface area contributed by atoms with Gasteiger partial charge < -0.3 is 9.64 Å². The summed E-state index contributed by atoms with van der Waals surface area (Å²) in [6, 6.07) is 0.107.